The Kier molecular flexibility index (Phi) is 7.93. The van der Waals surface area contributed by atoms with Gasteiger partial charge in [0.05, 0.1) is 13.7 Å². The number of methoxy groups -OCH3 is 1. The molecule has 2 amide bonds. The summed E-state index contributed by atoms with van der Waals surface area (Å²) in [4.78, 5) is 26.2. The number of ether oxygens (including phenoxy) is 3. The van der Waals surface area contributed by atoms with Gasteiger partial charge in [0.25, 0.3) is 0 Å². The van der Waals surface area contributed by atoms with Crippen LogP contribution < -0.4 is 14.8 Å². The van der Waals surface area contributed by atoms with Crippen molar-refractivity contribution in [2.24, 2.45) is 0 Å². The van der Waals surface area contributed by atoms with Gasteiger partial charge in [-0.05, 0) is 64.3 Å². The number of nitrogens with one attached hydrogen (secondary N) is 1. The van der Waals surface area contributed by atoms with Gasteiger partial charge in [-0.2, -0.15) is 0 Å². The van der Waals surface area contributed by atoms with E-state index in [0.717, 1.165) is 5.56 Å². The number of amides is 2. The van der Waals surface area contributed by atoms with Gasteiger partial charge in [-0.15, -0.1) is 0 Å². The molecule has 0 bridgehead atoms. The van der Waals surface area contributed by atoms with E-state index >= 15 is 0 Å². The summed E-state index contributed by atoms with van der Waals surface area (Å²) in [7, 11) is 1.60. The number of rotatable bonds is 6. The van der Waals surface area contributed by atoms with Gasteiger partial charge in [-0.3, -0.25) is 4.79 Å². The van der Waals surface area contributed by atoms with E-state index in [4.69, 9.17) is 14.2 Å². The van der Waals surface area contributed by atoms with E-state index in [-0.39, 0.29) is 11.9 Å². The van der Waals surface area contributed by atoms with Gasteiger partial charge in [0.2, 0.25) is 5.91 Å². The lowest BCUT2D eigenvalue weighted by Crippen LogP contribution is -2.47. The molecule has 160 valence electrons. The summed E-state index contributed by atoms with van der Waals surface area (Å²) in [6.07, 6.45) is 4.34. The number of hydrogen-bond donors (Lipinski definition) is 1. The van der Waals surface area contributed by atoms with Crippen LogP contribution in [0, 0.1) is 0 Å². The fraction of sp³-hybridized carbons (Fsp3) is 0.545. The molecule has 1 aliphatic heterocycles. The third-order valence-electron chi connectivity index (χ3n) is 4.43. The highest BCUT2D eigenvalue weighted by atomic mass is 16.6. The van der Waals surface area contributed by atoms with Crippen molar-refractivity contribution in [1.82, 2.24) is 10.2 Å². The number of carbonyl (C=O) groups is 2. The first kappa shape index (κ1) is 22.6. The van der Waals surface area contributed by atoms with E-state index in [1.54, 1.807) is 24.2 Å². The molecular formula is C22H32N2O5. The van der Waals surface area contributed by atoms with Crippen molar-refractivity contribution < 1.29 is 23.8 Å². The lowest BCUT2D eigenvalue weighted by atomic mass is 10.1. The number of nitrogens with zero attached hydrogens (tertiary/aromatic N) is 1. The second kappa shape index (κ2) is 10.2. The smallest absolute Gasteiger partial charge is 0.407 e. The van der Waals surface area contributed by atoms with Crippen molar-refractivity contribution in [3.63, 3.8) is 0 Å². The number of carbonyl (C=O) groups excluding carboxylic acids is 2. The van der Waals surface area contributed by atoms with Crippen molar-refractivity contribution >= 4 is 18.1 Å². The van der Waals surface area contributed by atoms with Crippen molar-refractivity contribution in [2.45, 2.75) is 52.2 Å². The normalized spacial score (nSPS) is 15.3. The summed E-state index contributed by atoms with van der Waals surface area (Å²) in [5, 5.41) is 2.88. The molecular weight excluding hydrogens is 372 g/mol. The molecule has 1 saturated heterocycles. The lowest BCUT2D eigenvalue weighted by molar-refractivity contribution is -0.127. The topological polar surface area (TPSA) is 77.1 Å². The van der Waals surface area contributed by atoms with Crippen LogP contribution >= 0.6 is 0 Å². The Morgan fingerprint density at radius 2 is 1.90 bits per heavy atom. The molecule has 0 aromatic heterocycles. The van der Waals surface area contributed by atoms with Crippen molar-refractivity contribution in [3.8, 4) is 11.5 Å². The van der Waals surface area contributed by atoms with Crippen LogP contribution in [-0.2, 0) is 9.53 Å². The molecule has 1 heterocycles. The van der Waals surface area contributed by atoms with Crippen LogP contribution in [0.15, 0.2) is 24.3 Å². The van der Waals surface area contributed by atoms with E-state index in [0.29, 0.717) is 44.0 Å². The van der Waals surface area contributed by atoms with Gasteiger partial charge in [-0.1, -0.05) is 6.07 Å². The second-order valence-corrected chi connectivity index (χ2v) is 7.92. The SMILES string of the molecule is CCOc1cc(/C=C/C(=O)N2CCC(NC(=O)OC(C)(C)C)CC2)ccc1OC. The van der Waals surface area contributed by atoms with E-state index in [1.807, 2.05) is 45.9 Å². The molecule has 29 heavy (non-hydrogen) atoms. The molecule has 1 N–H and O–H groups in total. The monoisotopic (exact) mass is 404 g/mol. The highest BCUT2D eigenvalue weighted by Gasteiger charge is 2.24. The Balaban J connectivity index is 1.86. The van der Waals surface area contributed by atoms with E-state index in [2.05, 4.69) is 5.32 Å². The van der Waals surface area contributed by atoms with Crippen LogP contribution in [-0.4, -0.2) is 55.3 Å². The zero-order valence-electron chi connectivity index (χ0n) is 18.0. The largest absolute Gasteiger partial charge is 0.493 e. The first-order valence-corrected chi connectivity index (χ1v) is 9.99. The molecule has 0 atom stereocenters. The molecule has 7 heteroatoms. The number of likely N-dealkylation sites (tertiary alicyclic amines) is 1. The predicted octanol–water partition coefficient (Wildman–Crippen LogP) is 3.62. The molecule has 0 saturated carbocycles. The Hall–Kier alpha value is -2.70. The molecule has 0 unspecified atom stereocenters. The zero-order chi connectivity index (χ0) is 21.4. The molecule has 7 nitrogen and oxygen atoms in total. The third-order valence-corrected chi connectivity index (χ3v) is 4.43. The van der Waals surface area contributed by atoms with E-state index in [9.17, 15) is 9.59 Å². The summed E-state index contributed by atoms with van der Waals surface area (Å²) in [6, 6.07) is 5.57. The zero-order valence-corrected chi connectivity index (χ0v) is 18.0. The average Bonchev–Trinajstić information content (AvgIpc) is 2.65. The van der Waals surface area contributed by atoms with Crippen molar-refractivity contribution in [3.05, 3.63) is 29.8 Å². The van der Waals surface area contributed by atoms with Crippen LogP contribution in [0.25, 0.3) is 6.08 Å². The number of hydrogen-bond acceptors (Lipinski definition) is 5. The van der Waals surface area contributed by atoms with Crippen LogP contribution in [0.1, 0.15) is 46.1 Å². The number of piperidine rings is 1. The molecule has 0 spiro atoms. The third kappa shape index (κ3) is 7.33. The molecule has 1 aliphatic rings. The van der Waals surface area contributed by atoms with Crippen molar-refractivity contribution in [1.29, 1.82) is 0 Å². The maximum atomic E-state index is 12.5. The van der Waals surface area contributed by atoms with Gasteiger partial charge >= 0.3 is 6.09 Å². The van der Waals surface area contributed by atoms with Crippen LogP contribution in [0.3, 0.4) is 0 Å². The molecule has 1 aromatic rings. The van der Waals surface area contributed by atoms with Gasteiger partial charge in [0, 0.05) is 25.2 Å². The van der Waals surface area contributed by atoms with Gasteiger partial charge in [0.15, 0.2) is 11.5 Å². The van der Waals surface area contributed by atoms with Crippen LogP contribution in [0.5, 0.6) is 11.5 Å². The Labute approximate surface area is 173 Å². The van der Waals surface area contributed by atoms with E-state index < -0.39 is 11.7 Å². The second-order valence-electron chi connectivity index (χ2n) is 7.92. The van der Waals surface area contributed by atoms with E-state index in [1.165, 1.54) is 0 Å². The van der Waals surface area contributed by atoms with Gasteiger partial charge in [-0.25, -0.2) is 4.79 Å². The predicted molar refractivity (Wildman–Crippen MR) is 112 cm³/mol. The minimum atomic E-state index is -0.519. The van der Waals surface area contributed by atoms with Crippen molar-refractivity contribution in [2.75, 3.05) is 26.8 Å². The minimum Gasteiger partial charge on any atom is -0.493 e. The summed E-state index contributed by atoms with van der Waals surface area (Å²) in [5.74, 6) is 1.27. The summed E-state index contributed by atoms with van der Waals surface area (Å²) in [5.41, 5.74) is 0.346. The Morgan fingerprint density at radius 1 is 1.21 bits per heavy atom. The summed E-state index contributed by atoms with van der Waals surface area (Å²) < 4.78 is 16.1. The minimum absolute atomic E-state index is 0.0215. The highest BCUT2D eigenvalue weighted by molar-refractivity contribution is 5.92. The lowest BCUT2D eigenvalue weighted by Gasteiger charge is -2.32. The first-order valence-electron chi connectivity index (χ1n) is 9.99. The molecule has 1 aromatic carbocycles. The molecule has 0 aliphatic carbocycles. The molecule has 1 fully saturated rings. The van der Waals surface area contributed by atoms with Crippen LogP contribution in [0.4, 0.5) is 4.79 Å². The highest BCUT2D eigenvalue weighted by Crippen LogP contribution is 2.28. The average molecular weight is 405 g/mol. The first-order chi connectivity index (χ1) is 13.7. The van der Waals surface area contributed by atoms with Gasteiger partial charge in [0.1, 0.15) is 5.60 Å². The fourth-order valence-electron chi connectivity index (χ4n) is 3.06. The molecule has 2 rings (SSSR count). The quantitative estimate of drug-likeness (QED) is 0.733. The summed E-state index contributed by atoms with van der Waals surface area (Å²) in [6.45, 7) is 9.13. The summed E-state index contributed by atoms with van der Waals surface area (Å²) >= 11 is 0. The van der Waals surface area contributed by atoms with Gasteiger partial charge < -0.3 is 24.4 Å². The van der Waals surface area contributed by atoms with Crippen LogP contribution in [0.2, 0.25) is 0 Å². The Bertz CT molecular complexity index is 731. The fourth-order valence-corrected chi connectivity index (χ4v) is 3.06. The Morgan fingerprint density at radius 3 is 2.48 bits per heavy atom. The maximum Gasteiger partial charge on any atom is 0.407 e. The molecule has 0 radical (unpaired) electrons. The number of benzene rings is 1. The maximum absolute atomic E-state index is 12.5. The standard InChI is InChI=1S/C22H32N2O5/c1-6-28-19-15-16(7-9-18(19)27-5)8-10-20(25)24-13-11-17(12-14-24)23-21(26)29-22(2,3)4/h7-10,15,17H,6,11-14H2,1-5H3,(H,23,26)/b10-8+. The number of alkyl carbamates (subject to hydrolysis) is 1.